The normalized spacial score (nSPS) is 12.9. The van der Waals surface area contributed by atoms with Gasteiger partial charge in [0.1, 0.15) is 12.2 Å². The van der Waals surface area contributed by atoms with Crippen LogP contribution in [0.3, 0.4) is 0 Å². The third-order valence-electron chi connectivity index (χ3n) is 4.32. The molecule has 6 heteroatoms. The fraction of sp³-hybridized carbons (Fsp3) is 0.619. The molecular formula is C21H32O6. The van der Waals surface area contributed by atoms with E-state index in [0.717, 1.165) is 31.2 Å². The summed E-state index contributed by atoms with van der Waals surface area (Å²) in [5, 5.41) is 9.69. The Balaban J connectivity index is 2.74. The molecule has 2 atom stereocenters. The lowest BCUT2D eigenvalue weighted by Gasteiger charge is -2.23. The van der Waals surface area contributed by atoms with Crippen molar-refractivity contribution in [3.63, 3.8) is 0 Å². The third-order valence-corrected chi connectivity index (χ3v) is 4.32. The molecule has 27 heavy (non-hydrogen) atoms. The number of aromatic hydroxyl groups is 1. The van der Waals surface area contributed by atoms with Gasteiger partial charge in [0.25, 0.3) is 0 Å². The van der Waals surface area contributed by atoms with Crippen LogP contribution in [-0.4, -0.2) is 36.4 Å². The van der Waals surface area contributed by atoms with E-state index in [1.54, 1.807) is 12.1 Å². The van der Waals surface area contributed by atoms with Gasteiger partial charge in [0.15, 0.2) is 11.5 Å². The van der Waals surface area contributed by atoms with Gasteiger partial charge >= 0.3 is 11.9 Å². The van der Waals surface area contributed by atoms with Gasteiger partial charge in [-0.3, -0.25) is 9.59 Å². The van der Waals surface area contributed by atoms with Crippen LogP contribution < -0.4 is 4.74 Å². The average molecular weight is 380 g/mol. The molecule has 1 aromatic rings. The molecule has 0 heterocycles. The van der Waals surface area contributed by atoms with E-state index in [0.29, 0.717) is 25.0 Å². The zero-order valence-electron chi connectivity index (χ0n) is 16.8. The maximum absolute atomic E-state index is 11.5. The molecular weight excluding hydrogens is 348 g/mol. The van der Waals surface area contributed by atoms with Crippen LogP contribution in [0.2, 0.25) is 0 Å². The highest BCUT2D eigenvalue weighted by Gasteiger charge is 2.21. The summed E-state index contributed by atoms with van der Waals surface area (Å²) in [6.07, 6.45) is 5.02. The van der Waals surface area contributed by atoms with Crippen molar-refractivity contribution in [2.75, 3.05) is 7.11 Å². The van der Waals surface area contributed by atoms with Gasteiger partial charge in [0.2, 0.25) is 0 Å². The summed E-state index contributed by atoms with van der Waals surface area (Å²) in [7, 11) is 1.50. The number of unbranched alkanes of at least 4 members (excludes halogenated alkanes) is 2. The fourth-order valence-electron chi connectivity index (χ4n) is 3.04. The Morgan fingerprint density at radius 3 is 2.22 bits per heavy atom. The SMILES string of the molecule is CCCCCC(CC(CCc1ccc(O)c(OC)c1)OC(C)=O)OC(C)=O. The average Bonchev–Trinajstić information content (AvgIpc) is 2.60. The van der Waals surface area contributed by atoms with Crippen LogP contribution in [0.4, 0.5) is 0 Å². The van der Waals surface area contributed by atoms with Crippen LogP contribution in [-0.2, 0) is 25.5 Å². The van der Waals surface area contributed by atoms with E-state index in [-0.39, 0.29) is 29.9 Å². The number of hydrogen-bond donors (Lipinski definition) is 1. The summed E-state index contributed by atoms with van der Waals surface area (Å²) in [5.41, 5.74) is 0.969. The van der Waals surface area contributed by atoms with E-state index in [1.807, 2.05) is 6.07 Å². The Bertz CT molecular complexity index is 598. The second-order valence-corrected chi connectivity index (χ2v) is 6.74. The van der Waals surface area contributed by atoms with Crippen LogP contribution in [0.25, 0.3) is 0 Å². The zero-order valence-corrected chi connectivity index (χ0v) is 16.8. The standard InChI is InChI=1S/C21H32O6/c1-5-6-7-8-18(26-15(2)22)14-19(27-16(3)23)11-9-17-10-12-20(24)21(13-17)25-4/h10,12-13,18-19,24H,5-9,11,14H2,1-4H3. The van der Waals surface area contributed by atoms with Crippen molar-refractivity contribution in [1.82, 2.24) is 0 Å². The van der Waals surface area contributed by atoms with Gasteiger partial charge in [-0.05, 0) is 43.4 Å². The summed E-state index contributed by atoms with van der Waals surface area (Å²) in [4.78, 5) is 22.9. The first-order valence-corrected chi connectivity index (χ1v) is 9.56. The predicted molar refractivity (Wildman–Crippen MR) is 103 cm³/mol. The molecule has 0 aliphatic heterocycles. The molecule has 0 amide bonds. The summed E-state index contributed by atoms with van der Waals surface area (Å²) >= 11 is 0. The molecule has 0 aliphatic carbocycles. The minimum absolute atomic E-state index is 0.0867. The topological polar surface area (TPSA) is 82.1 Å². The minimum Gasteiger partial charge on any atom is -0.504 e. The van der Waals surface area contributed by atoms with Crippen molar-refractivity contribution < 1.29 is 28.9 Å². The first-order valence-electron chi connectivity index (χ1n) is 9.56. The second kappa shape index (κ2) is 12.2. The smallest absolute Gasteiger partial charge is 0.302 e. The number of rotatable bonds is 12. The van der Waals surface area contributed by atoms with Gasteiger partial charge in [-0.15, -0.1) is 0 Å². The number of carbonyl (C=O) groups is 2. The van der Waals surface area contributed by atoms with Crippen molar-refractivity contribution in [3.05, 3.63) is 23.8 Å². The molecule has 0 spiro atoms. The predicted octanol–water partition coefficient (Wildman–Crippen LogP) is 4.17. The molecule has 0 saturated carbocycles. The molecule has 1 N–H and O–H groups in total. The highest BCUT2D eigenvalue weighted by atomic mass is 16.6. The highest BCUT2D eigenvalue weighted by Crippen LogP contribution is 2.27. The number of phenolic OH excluding ortho intramolecular Hbond substituents is 1. The lowest BCUT2D eigenvalue weighted by Crippen LogP contribution is -2.27. The highest BCUT2D eigenvalue weighted by molar-refractivity contribution is 5.66. The molecule has 0 aliphatic rings. The van der Waals surface area contributed by atoms with Crippen LogP contribution in [0.15, 0.2) is 18.2 Å². The van der Waals surface area contributed by atoms with Crippen molar-refractivity contribution in [2.45, 2.75) is 77.9 Å². The van der Waals surface area contributed by atoms with E-state index < -0.39 is 0 Å². The number of benzene rings is 1. The van der Waals surface area contributed by atoms with Gasteiger partial charge in [-0.2, -0.15) is 0 Å². The molecule has 152 valence electrons. The number of carbonyl (C=O) groups excluding carboxylic acids is 2. The van der Waals surface area contributed by atoms with Gasteiger partial charge in [-0.1, -0.05) is 25.8 Å². The van der Waals surface area contributed by atoms with Crippen LogP contribution >= 0.6 is 0 Å². The molecule has 0 fully saturated rings. The molecule has 0 aromatic heterocycles. The number of ether oxygens (including phenoxy) is 3. The molecule has 0 saturated heterocycles. The van der Waals surface area contributed by atoms with Crippen LogP contribution in [0.5, 0.6) is 11.5 Å². The Hall–Kier alpha value is -2.24. The summed E-state index contributed by atoms with van der Waals surface area (Å²) < 4.78 is 16.0. The molecule has 0 radical (unpaired) electrons. The summed E-state index contributed by atoms with van der Waals surface area (Å²) in [6, 6.07) is 5.17. The summed E-state index contributed by atoms with van der Waals surface area (Å²) in [6.45, 7) is 4.90. The largest absolute Gasteiger partial charge is 0.504 e. The number of methoxy groups -OCH3 is 1. The first-order chi connectivity index (χ1) is 12.8. The van der Waals surface area contributed by atoms with Gasteiger partial charge < -0.3 is 19.3 Å². The first kappa shape index (κ1) is 22.8. The maximum atomic E-state index is 11.5. The number of aryl methyl sites for hydroxylation is 1. The van der Waals surface area contributed by atoms with Gasteiger partial charge in [0.05, 0.1) is 7.11 Å². The Morgan fingerprint density at radius 2 is 1.67 bits per heavy atom. The zero-order chi connectivity index (χ0) is 20.2. The molecule has 0 bridgehead atoms. The van der Waals surface area contributed by atoms with E-state index in [2.05, 4.69) is 6.92 Å². The quantitative estimate of drug-likeness (QED) is 0.433. The number of hydrogen-bond acceptors (Lipinski definition) is 6. The van der Waals surface area contributed by atoms with Crippen LogP contribution in [0, 0.1) is 0 Å². The molecule has 6 nitrogen and oxygen atoms in total. The second-order valence-electron chi connectivity index (χ2n) is 6.74. The maximum Gasteiger partial charge on any atom is 0.302 e. The van der Waals surface area contributed by atoms with E-state index in [1.165, 1.54) is 21.0 Å². The monoisotopic (exact) mass is 380 g/mol. The Labute approximate surface area is 161 Å². The van der Waals surface area contributed by atoms with E-state index >= 15 is 0 Å². The van der Waals surface area contributed by atoms with Crippen molar-refractivity contribution >= 4 is 11.9 Å². The van der Waals surface area contributed by atoms with E-state index in [4.69, 9.17) is 14.2 Å². The minimum atomic E-state index is -0.349. The van der Waals surface area contributed by atoms with Crippen molar-refractivity contribution in [2.24, 2.45) is 0 Å². The Kier molecular flexibility index (Phi) is 10.3. The molecule has 1 aromatic carbocycles. The van der Waals surface area contributed by atoms with Crippen LogP contribution in [0.1, 0.15) is 64.9 Å². The summed E-state index contributed by atoms with van der Waals surface area (Å²) in [5.74, 6) is -0.169. The number of phenols is 1. The molecule has 1 rings (SSSR count). The van der Waals surface area contributed by atoms with Gasteiger partial charge in [-0.25, -0.2) is 0 Å². The fourth-order valence-corrected chi connectivity index (χ4v) is 3.04. The lowest BCUT2D eigenvalue weighted by molar-refractivity contribution is -0.153. The van der Waals surface area contributed by atoms with Gasteiger partial charge in [0, 0.05) is 20.3 Å². The van der Waals surface area contributed by atoms with Crippen molar-refractivity contribution in [1.29, 1.82) is 0 Å². The molecule has 2 unspecified atom stereocenters. The third kappa shape index (κ3) is 9.31. The number of esters is 2. The van der Waals surface area contributed by atoms with Crippen molar-refractivity contribution in [3.8, 4) is 11.5 Å². The van der Waals surface area contributed by atoms with E-state index in [9.17, 15) is 14.7 Å². The Morgan fingerprint density at radius 1 is 1.04 bits per heavy atom. The lowest BCUT2D eigenvalue weighted by atomic mass is 9.99.